The molecule has 0 amide bonds. The molecule has 0 spiro atoms. The largest absolute Gasteiger partial charge is 0.468 e. The van der Waals surface area contributed by atoms with Crippen molar-refractivity contribution in [1.29, 1.82) is 0 Å². The van der Waals surface area contributed by atoms with Crippen LogP contribution in [0.25, 0.3) is 0 Å². The first-order valence-electron chi connectivity index (χ1n) is 4.99. The maximum absolute atomic E-state index is 11.2. The van der Waals surface area contributed by atoms with E-state index in [4.69, 9.17) is 9.47 Å². The Morgan fingerprint density at radius 3 is 2.71 bits per heavy atom. The summed E-state index contributed by atoms with van der Waals surface area (Å²) in [5.74, 6) is 0.355. The summed E-state index contributed by atoms with van der Waals surface area (Å²) in [6.07, 6.45) is 0.923. The molecular formula is C10H19NO3. The van der Waals surface area contributed by atoms with Crippen molar-refractivity contribution >= 4 is 5.97 Å². The van der Waals surface area contributed by atoms with E-state index in [-0.39, 0.29) is 12.0 Å². The van der Waals surface area contributed by atoms with Crippen molar-refractivity contribution in [1.82, 2.24) is 4.90 Å². The third-order valence-corrected chi connectivity index (χ3v) is 2.60. The van der Waals surface area contributed by atoms with E-state index >= 15 is 0 Å². The van der Waals surface area contributed by atoms with Crippen LogP contribution in [0.4, 0.5) is 0 Å². The highest BCUT2D eigenvalue weighted by Gasteiger charge is 2.35. The maximum Gasteiger partial charge on any atom is 0.323 e. The van der Waals surface area contributed by atoms with E-state index in [1.54, 1.807) is 7.11 Å². The van der Waals surface area contributed by atoms with Crippen molar-refractivity contribution in [3.8, 4) is 0 Å². The Balaban J connectivity index is 2.28. The van der Waals surface area contributed by atoms with E-state index in [9.17, 15) is 4.79 Å². The standard InChI is InChI=1S/C10H19NO3/c1-8(7-13-2)6-11-5-4-9(11)10(12)14-3/h8-9H,4-7H2,1-3H3. The molecule has 0 radical (unpaired) electrons. The monoisotopic (exact) mass is 201 g/mol. The molecule has 14 heavy (non-hydrogen) atoms. The quantitative estimate of drug-likeness (QED) is 0.608. The summed E-state index contributed by atoms with van der Waals surface area (Å²) in [5, 5.41) is 0. The minimum atomic E-state index is -0.110. The normalized spacial score (nSPS) is 24.1. The molecule has 1 aliphatic heterocycles. The average Bonchev–Trinajstić information content (AvgIpc) is 2.13. The van der Waals surface area contributed by atoms with Gasteiger partial charge in [-0.25, -0.2) is 0 Å². The highest BCUT2D eigenvalue weighted by molar-refractivity contribution is 5.76. The number of carbonyl (C=O) groups excluding carboxylic acids is 1. The number of methoxy groups -OCH3 is 2. The number of ether oxygens (including phenoxy) is 2. The van der Waals surface area contributed by atoms with Crippen LogP contribution >= 0.6 is 0 Å². The van der Waals surface area contributed by atoms with Gasteiger partial charge in [0.2, 0.25) is 0 Å². The van der Waals surface area contributed by atoms with Crippen molar-refractivity contribution in [2.45, 2.75) is 19.4 Å². The Bertz CT molecular complexity index is 196. The van der Waals surface area contributed by atoms with E-state index in [0.29, 0.717) is 5.92 Å². The van der Waals surface area contributed by atoms with Gasteiger partial charge in [-0.2, -0.15) is 0 Å². The van der Waals surface area contributed by atoms with Crippen LogP contribution in [0.2, 0.25) is 0 Å². The van der Waals surface area contributed by atoms with Gasteiger partial charge in [-0.15, -0.1) is 0 Å². The van der Waals surface area contributed by atoms with E-state index in [0.717, 1.165) is 26.1 Å². The van der Waals surface area contributed by atoms with Gasteiger partial charge in [0.15, 0.2) is 0 Å². The van der Waals surface area contributed by atoms with Gasteiger partial charge in [0.25, 0.3) is 0 Å². The van der Waals surface area contributed by atoms with Crippen LogP contribution in [0.1, 0.15) is 13.3 Å². The number of likely N-dealkylation sites (tertiary alicyclic amines) is 1. The molecule has 0 aromatic rings. The summed E-state index contributed by atoms with van der Waals surface area (Å²) in [7, 11) is 3.14. The van der Waals surface area contributed by atoms with Gasteiger partial charge in [0, 0.05) is 26.8 Å². The molecule has 0 aliphatic carbocycles. The molecule has 1 aliphatic rings. The zero-order valence-electron chi connectivity index (χ0n) is 9.16. The lowest BCUT2D eigenvalue weighted by Crippen LogP contribution is -2.54. The Labute approximate surface area is 85.2 Å². The van der Waals surface area contributed by atoms with E-state index in [2.05, 4.69) is 11.8 Å². The molecule has 0 aromatic heterocycles. The third kappa shape index (κ3) is 2.69. The van der Waals surface area contributed by atoms with Crippen LogP contribution in [0, 0.1) is 5.92 Å². The predicted octanol–water partition coefficient (Wildman–Crippen LogP) is 0.516. The van der Waals surface area contributed by atoms with Crippen LogP contribution in [-0.2, 0) is 14.3 Å². The fourth-order valence-electron chi connectivity index (χ4n) is 1.80. The smallest absolute Gasteiger partial charge is 0.323 e. The molecule has 4 heteroatoms. The SMILES string of the molecule is COCC(C)CN1CCC1C(=O)OC. The second kappa shape index (κ2) is 5.32. The second-order valence-electron chi connectivity index (χ2n) is 3.88. The Morgan fingerprint density at radius 1 is 1.57 bits per heavy atom. The number of nitrogens with zero attached hydrogens (tertiary/aromatic N) is 1. The Hall–Kier alpha value is -0.610. The number of hydrogen-bond donors (Lipinski definition) is 0. The van der Waals surface area contributed by atoms with Crippen molar-refractivity contribution in [2.75, 3.05) is 33.9 Å². The minimum absolute atomic E-state index is 0.0145. The van der Waals surface area contributed by atoms with E-state index < -0.39 is 0 Å². The van der Waals surface area contributed by atoms with Crippen LogP contribution in [0.15, 0.2) is 0 Å². The molecule has 1 fully saturated rings. The lowest BCUT2D eigenvalue weighted by Gasteiger charge is -2.40. The lowest BCUT2D eigenvalue weighted by atomic mass is 10.0. The van der Waals surface area contributed by atoms with Gasteiger partial charge in [-0.05, 0) is 12.3 Å². The molecule has 1 heterocycles. The van der Waals surface area contributed by atoms with Crippen LogP contribution in [0.5, 0.6) is 0 Å². The molecule has 0 bridgehead atoms. The zero-order valence-corrected chi connectivity index (χ0v) is 9.16. The number of esters is 1. The molecule has 0 N–H and O–H groups in total. The Morgan fingerprint density at radius 2 is 2.29 bits per heavy atom. The van der Waals surface area contributed by atoms with Gasteiger partial charge < -0.3 is 9.47 Å². The summed E-state index contributed by atoms with van der Waals surface area (Å²) >= 11 is 0. The van der Waals surface area contributed by atoms with Crippen LogP contribution in [-0.4, -0.2) is 50.8 Å². The van der Waals surface area contributed by atoms with Crippen LogP contribution in [0.3, 0.4) is 0 Å². The molecule has 1 saturated heterocycles. The van der Waals surface area contributed by atoms with Crippen molar-refractivity contribution in [3.05, 3.63) is 0 Å². The molecule has 0 saturated carbocycles. The number of hydrogen-bond acceptors (Lipinski definition) is 4. The molecule has 0 aromatic carbocycles. The first-order valence-corrected chi connectivity index (χ1v) is 4.99. The van der Waals surface area contributed by atoms with Crippen molar-refractivity contribution < 1.29 is 14.3 Å². The fraction of sp³-hybridized carbons (Fsp3) is 0.900. The van der Waals surface area contributed by atoms with Gasteiger partial charge in [-0.1, -0.05) is 6.92 Å². The van der Waals surface area contributed by atoms with Gasteiger partial charge in [0.05, 0.1) is 7.11 Å². The topological polar surface area (TPSA) is 38.8 Å². The minimum Gasteiger partial charge on any atom is -0.468 e. The maximum atomic E-state index is 11.2. The molecule has 82 valence electrons. The van der Waals surface area contributed by atoms with E-state index in [1.807, 2.05) is 0 Å². The summed E-state index contributed by atoms with van der Waals surface area (Å²) in [6, 6.07) is -0.0145. The van der Waals surface area contributed by atoms with Gasteiger partial charge >= 0.3 is 5.97 Å². The lowest BCUT2D eigenvalue weighted by molar-refractivity contribution is -0.152. The molecule has 2 atom stereocenters. The number of carbonyl (C=O) groups is 1. The first kappa shape index (κ1) is 11.5. The summed E-state index contributed by atoms with van der Waals surface area (Å²) < 4.78 is 9.77. The molecule has 1 rings (SSSR count). The summed E-state index contributed by atoms with van der Waals surface area (Å²) in [4.78, 5) is 13.4. The van der Waals surface area contributed by atoms with Crippen LogP contribution < -0.4 is 0 Å². The van der Waals surface area contributed by atoms with Gasteiger partial charge in [-0.3, -0.25) is 9.69 Å². The van der Waals surface area contributed by atoms with E-state index in [1.165, 1.54) is 7.11 Å². The molecular weight excluding hydrogens is 182 g/mol. The van der Waals surface area contributed by atoms with Crippen molar-refractivity contribution in [3.63, 3.8) is 0 Å². The molecule has 2 unspecified atom stereocenters. The summed E-state index contributed by atoms with van der Waals surface area (Å²) in [5.41, 5.74) is 0. The Kier molecular flexibility index (Phi) is 4.35. The van der Waals surface area contributed by atoms with Crippen molar-refractivity contribution in [2.24, 2.45) is 5.92 Å². The third-order valence-electron chi connectivity index (χ3n) is 2.60. The summed E-state index contributed by atoms with van der Waals surface area (Å²) in [6.45, 7) is 4.77. The number of rotatable bonds is 5. The first-order chi connectivity index (χ1) is 6.69. The fourth-order valence-corrected chi connectivity index (χ4v) is 1.80. The highest BCUT2D eigenvalue weighted by Crippen LogP contribution is 2.19. The van der Waals surface area contributed by atoms with Gasteiger partial charge in [0.1, 0.15) is 6.04 Å². The zero-order chi connectivity index (χ0) is 10.6. The average molecular weight is 201 g/mol. The second-order valence-corrected chi connectivity index (χ2v) is 3.88. The highest BCUT2D eigenvalue weighted by atomic mass is 16.5. The molecule has 4 nitrogen and oxygen atoms in total. The predicted molar refractivity (Wildman–Crippen MR) is 53.0 cm³/mol.